The van der Waals surface area contributed by atoms with E-state index >= 15 is 0 Å². The van der Waals surface area contributed by atoms with Crippen LogP contribution >= 0.6 is 0 Å². The van der Waals surface area contributed by atoms with Gasteiger partial charge in [-0.05, 0) is 37.1 Å². The van der Waals surface area contributed by atoms with Gasteiger partial charge in [0.2, 0.25) is 0 Å². The van der Waals surface area contributed by atoms with Crippen molar-refractivity contribution in [2.75, 3.05) is 0 Å². The van der Waals surface area contributed by atoms with Crippen molar-refractivity contribution >= 4 is 0 Å². The highest BCUT2D eigenvalue weighted by Gasteiger charge is 2.10. The van der Waals surface area contributed by atoms with Gasteiger partial charge in [0.05, 0.1) is 0 Å². The van der Waals surface area contributed by atoms with Gasteiger partial charge in [-0.3, -0.25) is 4.98 Å². The monoisotopic (exact) mass is 226 g/mol. The third-order valence-electron chi connectivity index (χ3n) is 3.01. The molecule has 2 heteroatoms. The lowest BCUT2D eigenvalue weighted by Crippen LogP contribution is -2.22. The fourth-order valence-electron chi connectivity index (χ4n) is 1.96. The molecule has 1 N–H and O–H groups in total. The van der Waals surface area contributed by atoms with Crippen molar-refractivity contribution in [3.05, 3.63) is 66.0 Å². The zero-order chi connectivity index (χ0) is 12.1. The second-order valence-electron chi connectivity index (χ2n) is 4.30. The van der Waals surface area contributed by atoms with E-state index in [1.54, 1.807) is 0 Å². The number of hydrogen-bond donors (Lipinski definition) is 1. The summed E-state index contributed by atoms with van der Waals surface area (Å²) in [6, 6.07) is 15.3. The summed E-state index contributed by atoms with van der Waals surface area (Å²) in [5.74, 6) is 0. The fraction of sp³-hybridized carbons (Fsp3) is 0.267. The molecule has 2 atom stereocenters. The minimum Gasteiger partial charge on any atom is -0.304 e. The molecule has 2 rings (SSSR count). The van der Waals surface area contributed by atoms with E-state index in [2.05, 4.69) is 60.5 Å². The molecule has 1 aromatic carbocycles. The largest absolute Gasteiger partial charge is 0.304 e. The first-order valence-electron chi connectivity index (χ1n) is 5.98. The van der Waals surface area contributed by atoms with Crippen molar-refractivity contribution in [3.63, 3.8) is 0 Å². The number of benzene rings is 1. The van der Waals surface area contributed by atoms with Gasteiger partial charge in [0.1, 0.15) is 0 Å². The molecule has 0 aliphatic carbocycles. The molecule has 0 bridgehead atoms. The van der Waals surface area contributed by atoms with Crippen LogP contribution in [0.3, 0.4) is 0 Å². The standard InChI is InChI=1S/C15H18N2/c1-12(14-6-4-3-5-7-14)17-13(2)15-8-10-16-11-9-15/h3-13,17H,1-2H3/t12?,13-/m1/s1. The molecule has 1 heterocycles. The summed E-state index contributed by atoms with van der Waals surface area (Å²) in [6.45, 7) is 4.36. The van der Waals surface area contributed by atoms with Crippen LogP contribution in [-0.4, -0.2) is 4.98 Å². The smallest absolute Gasteiger partial charge is 0.0298 e. The van der Waals surface area contributed by atoms with Crippen molar-refractivity contribution in [3.8, 4) is 0 Å². The predicted molar refractivity (Wildman–Crippen MR) is 70.6 cm³/mol. The van der Waals surface area contributed by atoms with Crippen molar-refractivity contribution in [2.45, 2.75) is 25.9 Å². The molecule has 17 heavy (non-hydrogen) atoms. The van der Waals surface area contributed by atoms with E-state index < -0.39 is 0 Å². The van der Waals surface area contributed by atoms with E-state index in [0.29, 0.717) is 12.1 Å². The molecule has 0 amide bonds. The first kappa shape index (κ1) is 11.8. The number of rotatable bonds is 4. The van der Waals surface area contributed by atoms with Gasteiger partial charge in [-0.25, -0.2) is 0 Å². The number of hydrogen-bond acceptors (Lipinski definition) is 2. The van der Waals surface area contributed by atoms with Gasteiger partial charge in [-0.15, -0.1) is 0 Å². The van der Waals surface area contributed by atoms with Gasteiger partial charge >= 0.3 is 0 Å². The van der Waals surface area contributed by atoms with E-state index in [1.807, 2.05) is 18.5 Å². The third-order valence-corrected chi connectivity index (χ3v) is 3.01. The highest BCUT2D eigenvalue weighted by atomic mass is 14.9. The van der Waals surface area contributed by atoms with Crippen molar-refractivity contribution in [2.24, 2.45) is 0 Å². The molecule has 0 saturated heterocycles. The number of nitrogens with one attached hydrogen (secondary N) is 1. The van der Waals surface area contributed by atoms with Crippen LogP contribution in [0, 0.1) is 0 Å². The maximum atomic E-state index is 4.04. The topological polar surface area (TPSA) is 24.9 Å². The van der Waals surface area contributed by atoms with Crippen LogP contribution in [0.1, 0.15) is 37.1 Å². The molecule has 1 aromatic heterocycles. The summed E-state index contributed by atoms with van der Waals surface area (Å²) in [5.41, 5.74) is 2.58. The van der Waals surface area contributed by atoms with Gasteiger partial charge in [0.25, 0.3) is 0 Å². The molecule has 0 aliphatic heterocycles. The van der Waals surface area contributed by atoms with Crippen LogP contribution in [0.2, 0.25) is 0 Å². The first-order chi connectivity index (χ1) is 8.27. The Morgan fingerprint density at radius 2 is 1.35 bits per heavy atom. The van der Waals surface area contributed by atoms with Crippen molar-refractivity contribution < 1.29 is 0 Å². The zero-order valence-electron chi connectivity index (χ0n) is 10.3. The van der Waals surface area contributed by atoms with Crippen LogP contribution in [0.25, 0.3) is 0 Å². The Morgan fingerprint density at radius 3 is 1.94 bits per heavy atom. The normalized spacial score (nSPS) is 14.2. The number of nitrogens with zero attached hydrogens (tertiary/aromatic N) is 1. The average molecular weight is 226 g/mol. The molecule has 0 radical (unpaired) electrons. The van der Waals surface area contributed by atoms with Crippen LogP contribution in [0.5, 0.6) is 0 Å². The Kier molecular flexibility index (Phi) is 3.89. The van der Waals surface area contributed by atoms with Gasteiger partial charge in [0, 0.05) is 24.5 Å². The number of aromatic nitrogens is 1. The number of pyridine rings is 1. The van der Waals surface area contributed by atoms with Gasteiger partial charge < -0.3 is 5.32 Å². The Labute approximate surface area is 103 Å². The van der Waals surface area contributed by atoms with Crippen LogP contribution in [0.15, 0.2) is 54.9 Å². The summed E-state index contributed by atoms with van der Waals surface area (Å²) < 4.78 is 0. The lowest BCUT2D eigenvalue weighted by molar-refractivity contribution is 0.494. The Balaban J connectivity index is 2.02. The average Bonchev–Trinajstić information content (AvgIpc) is 2.40. The van der Waals surface area contributed by atoms with Crippen molar-refractivity contribution in [1.29, 1.82) is 0 Å². The molecule has 88 valence electrons. The molecule has 0 saturated carbocycles. The highest BCUT2D eigenvalue weighted by Crippen LogP contribution is 2.18. The maximum absolute atomic E-state index is 4.04. The Morgan fingerprint density at radius 1 is 0.824 bits per heavy atom. The van der Waals surface area contributed by atoms with E-state index in [1.165, 1.54) is 11.1 Å². The summed E-state index contributed by atoms with van der Waals surface area (Å²) >= 11 is 0. The van der Waals surface area contributed by atoms with E-state index in [9.17, 15) is 0 Å². The van der Waals surface area contributed by atoms with Crippen molar-refractivity contribution in [1.82, 2.24) is 10.3 Å². The molecule has 0 fully saturated rings. The van der Waals surface area contributed by atoms with Crippen LogP contribution < -0.4 is 5.32 Å². The molecule has 1 unspecified atom stereocenters. The van der Waals surface area contributed by atoms with Gasteiger partial charge in [-0.1, -0.05) is 30.3 Å². The molecule has 2 aromatic rings. The van der Waals surface area contributed by atoms with E-state index in [0.717, 1.165) is 0 Å². The summed E-state index contributed by atoms with van der Waals surface area (Å²) in [4.78, 5) is 4.04. The molecule has 0 aliphatic rings. The first-order valence-corrected chi connectivity index (χ1v) is 5.98. The van der Waals surface area contributed by atoms with Crippen LogP contribution in [-0.2, 0) is 0 Å². The second kappa shape index (κ2) is 5.60. The van der Waals surface area contributed by atoms with Gasteiger partial charge in [-0.2, -0.15) is 0 Å². The van der Waals surface area contributed by atoms with Gasteiger partial charge in [0.15, 0.2) is 0 Å². The quantitative estimate of drug-likeness (QED) is 0.863. The summed E-state index contributed by atoms with van der Waals surface area (Å²) in [7, 11) is 0. The minimum absolute atomic E-state index is 0.327. The molecule has 2 nitrogen and oxygen atoms in total. The SMILES string of the molecule is CC(N[C@H](C)c1ccncc1)c1ccccc1. The Hall–Kier alpha value is -1.67. The highest BCUT2D eigenvalue weighted by molar-refractivity contribution is 5.20. The predicted octanol–water partition coefficient (Wildman–Crippen LogP) is 3.49. The van der Waals surface area contributed by atoms with E-state index in [-0.39, 0.29) is 0 Å². The lowest BCUT2D eigenvalue weighted by atomic mass is 10.1. The van der Waals surface area contributed by atoms with E-state index in [4.69, 9.17) is 0 Å². The zero-order valence-corrected chi connectivity index (χ0v) is 10.3. The summed E-state index contributed by atoms with van der Waals surface area (Å²) in [5, 5.41) is 3.58. The van der Waals surface area contributed by atoms with Crippen LogP contribution in [0.4, 0.5) is 0 Å². The Bertz CT molecular complexity index is 395. The summed E-state index contributed by atoms with van der Waals surface area (Å²) in [6.07, 6.45) is 3.67. The minimum atomic E-state index is 0.327. The fourth-order valence-corrected chi connectivity index (χ4v) is 1.96. The molecular weight excluding hydrogens is 208 g/mol. The third kappa shape index (κ3) is 3.14. The molecule has 0 spiro atoms. The maximum Gasteiger partial charge on any atom is 0.0298 e. The molecular formula is C15H18N2. The second-order valence-corrected chi connectivity index (χ2v) is 4.30. The lowest BCUT2D eigenvalue weighted by Gasteiger charge is -2.20.